The molecule has 0 N–H and O–H groups in total. The second-order valence-electron chi connectivity index (χ2n) is 6.76. The highest BCUT2D eigenvalue weighted by Crippen LogP contribution is 2.45. The molecule has 1 nitrogen and oxygen atoms in total. The Morgan fingerprint density at radius 3 is 1.36 bits per heavy atom. The van der Waals surface area contributed by atoms with Crippen LogP contribution in [0, 0.1) is 3.57 Å². The Balaban J connectivity index is 1.93. The largest absolute Gasteiger partial charge is 0.309 e. The van der Waals surface area contributed by atoms with Crippen molar-refractivity contribution < 1.29 is 0 Å². The minimum atomic E-state index is 1.16. The Bertz CT molecular complexity index is 1220. The maximum absolute atomic E-state index is 2.51. The van der Waals surface area contributed by atoms with Gasteiger partial charge in [0.25, 0.3) is 0 Å². The first-order valence-electron chi connectivity index (χ1n) is 9.34. The summed E-state index contributed by atoms with van der Waals surface area (Å²) in [7, 11) is 0. The molecular formula is C26H18IN. The Labute approximate surface area is 178 Å². The standard InChI is InChI=1S/C26H18IN/c27-25-23-17-9-7-15-21(23)22-16-8-10-18-24(22)26(25)28(19-11-3-1-4-12-19)20-13-5-2-6-14-20/h1-18H. The highest BCUT2D eigenvalue weighted by molar-refractivity contribution is 14.1. The molecule has 0 amide bonds. The van der Waals surface area contributed by atoms with Gasteiger partial charge in [0.05, 0.1) is 5.69 Å². The maximum Gasteiger partial charge on any atom is 0.0680 e. The Kier molecular flexibility index (Phi) is 4.49. The quantitative estimate of drug-likeness (QED) is 0.190. The third kappa shape index (κ3) is 2.85. The molecule has 5 aromatic rings. The number of nitrogens with zero attached hydrogens (tertiary/aromatic N) is 1. The third-order valence-corrected chi connectivity index (χ3v) is 6.19. The monoisotopic (exact) mass is 471 g/mol. The molecule has 0 saturated heterocycles. The molecular weight excluding hydrogens is 453 g/mol. The van der Waals surface area contributed by atoms with E-state index in [4.69, 9.17) is 0 Å². The van der Waals surface area contributed by atoms with E-state index < -0.39 is 0 Å². The van der Waals surface area contributed by atoms with Gasteiger partial charge < -0.3 is 4.90 Å². The van der Waals surface area contributed by atoms with Crippen LogP contribution < -0.4 is 4.90 Å². The number of anilines is 3. The van der Waals surface area contributed by atoms with Crippen LogP contribution in [0.15, 0.2) is 109 Å². The normalized spacial score (nSPS) is 11.0. The highest BCUT2D eigenvalue weighted by Gasteiger charge is 2.20. The Hall–Kier alpha value is -2.85. The summed E-state index contributed by atoms with van der Waals surface area (Å²) in [6, 6.07) is 38.6. The molecule has 0 unspecified atom stereocenters. The summed E-state index contributed by atoms with van der Waals surface area (Å²) in [6.07, 6.45) is 0. The number of halogens is 1. The molecule has 0 heterocycles. The van der Waals surface area contributed by atoms with Crippen LogP contribution in [0.4, 0.5) is 17.1 Å². The number of rotatable bonds is 3. The van der Waals surface area contributed by atoms with Crippen molar-refractivity contribution in [2.75, 3.05) is 4.90 Å². The zero-order valence-corrected chi connectivity index (χ0v) is 17.4. The van der Waals surface area contributed by atoms with E-state index in [9.17, 15) is 0 Å². The van der Waals surface area contributed by atoms with Gasteiger partial charge in [-0.25, -0.2) is 0 Å². The first-order valence-corrected chi connectivity index (χ1v) is 10.4. The number of fused-ring (bicyclic) bond motifs is 3. The van der Waals surface area contributed by atoms with Gasteiger partial charge in [-0.05, 0) is 63.0 Å². The van der Waals surface area contributed by atoms with Crippen LogP contribution in [0.3, 0.4) is 0 Å². The minimum absolute atomic E-state index is 1.16. The van der Waals surface area contributed by atoms with E-state index in [1.165, 1.54) is 30.8 Å². The molecule has 0 aliphatic carbocycles. The van der Waals surface area contributed by atoms with E-state index in [1.807, 2.05) is 0 Å². The smallest absolute Gasteiger partial charge is 0.0680 e. The highest BCUT2D eigenvalue weighted by atomic mass is 127. The number of para-hydroxylation sites is 2. The van der Waals surface area contributed by atoms with E-state index in [1.54, 1.807) is 0 Å². The summed E-state index contributed by atoms with van der Waals surface area (Å²) in [5, 5.41) is 5.13. The molecule has 5 aromatic carbocycles. The average molecular weight is 471 g/mol. The average Bonchev–Trinajstić information content (AvgIpc) is 2.78. The van der Waals surface area contributed by atoms with Crippen molar-refractivity contribution in [3.05, 3.63) is 113 Å². The van der Waals surface area contributed by atoms with Crippen LogP contribution in [-0.4, -0.2) is 0 Å². The maximum atomic E-state index is 2.51. The molecule has 134 valence electrons. The van der Waals surface area contributed by atoms with Gasteiger partial charge in [-0.2, -0.15) is 0 Å². The molecule has 0 bridgehead atoms. The fourth-order valence-corrected chi connectivity index (χ4v) is 4.86. The molecule has 0 spiro atoms. The van der Waals surface area contributed by atoms with E-state index in [0.717, 1.165) is 11.4 Å². The number of hydrogen-bond acceptors (Lipinski definition) is 1. The van der Waals surface area contributed by atoms with Crippen LogP contribution in [0.1, 0.15) is 0 Å². The number of benzene rings is 5. The van der Waals surface area contributed by atoms with Gasteiger partial charge in [0.1, 0.15) is 0 Å². The van der Waals surface area contributed by atoms with Gasteiger partial charge in [0.2, 0.25) is 0 Å². The first-order chi connectivity index (χ1) is 13.8. The Morgan fingerprint density at radius 1 is 0.429 bits per heavy atom. The van der Waals surface area contributed by atoms with Crippen LogP contribution in [-0.2, 0) is 0 Å². The summed E-state index contributed by atoms with van der Waals surface area (Å²) >= 11 is 2.51. The summed E-state index contributed by atoms with van der Waals surface area (Å²) in [5.74, 6) is 0. The molecule has 0 radical (unpaired) electrons. The SMILES string of the molecule is Ic1c(N(c2ccccc2)c2ccccc2)c2ccccc2c2ccccc12. The van der Waals surface area contributed by atoms with Gasteiger partial charge >= 0.3 is 0 Å². The van der Waals surface area contributed by atoms with Gasteiger partial charge in [0, 0.05) is 20.3 Å². The van der Waals surface area contributed by atoms with Crippen molar-refractivity contribution in [1.82, 2.24) is 0 Å². The van der Waals surface area contributed by atoms with Gasteiger partial charge in [0.15, 0.2) is 0 Å². The lowest BCUT2D eigenvalue weighted by atomic mass is 9.99. The summed E-state index contributed by atoms with van der Waals surface area (Å²) in [4.78, 5) is 2.37. The second-order valence-corrected chi connectivity index (χ2v) is 7.84. The molecule has 0 saturated carbocycles. The van der Waals surface area contributed by atoms with Crippen LogP contribution in [0.25, 0.3) is 21.5 Å². The van der Waals surface area contributed by atoms with E-state index in [2.05, 4.69) is 137 Å². The molecule has 28 heavy (non-hydrogen) atoms. The lowest BCUT2D eigenvalue weighted by Gasteiger charge is -2.28. The predicted molar refractivity (Wildman–Crippen MR) is 129 cm³/mol. The van der Waals surface area contributed by atoms with E-state index in [0.29, 0.717) is 0 Å². The number of hydrogen-bond donors (Lipinski definition) is 0. The molecule has 5 rings (SSSR count). The van der Waals surface area contributed by atoms with Crippen LogP contribution in [0.5, 0.6) is 0 Å². The van der Waals surface area contributed by atoms with Crippen molar-refractivity contribution in [3.63, 3.8) is 0 Å². The molecule has 0 atom stereocenters. The molecule has 0 aromatic heterocycles. The summed E-state index contributed by atoms with van der Waals surface area (Å²) in [5.41, 5.74) is 3.55. The fourth-order valence-electron chi connectivity index (χ4n) is 3.86. The zero-order valence-electron chi connectivity index (χ0n) is 15.2. The summed E-state index contributed by atoms with van der Waals surface area (Å²) in [6.45, 7) is 0. The minimum Gasteiger partial charge on any atom is -0.309 e. The van der Waals surface area contributed by atoms with Crippen LogP contribution >= 0.6 is 22.6 Å². The lowest BCUT2D eigenvalue weighted by Crippen LogP contribution is -2.12. The van der Waals surface area contributed by atoms with Gasteiger partial charge in [-0.3, -0.25) is 0 Å². The van der Waals surface area contributed by atoms with Crippen molar-refractivity contribution in [2.45, 2.75) is 0 Å². The molecule has 2 heteroatoms. The molecule has 0 fully saturated rings. The third-order valence-electron chi connectivity index (χ3n) is 5.10. The van der Waals surface area contributed by atoms with Crippen molar-refractivity contribution in [3.8, 4) is 0 Å². The van der Waals surface area contributed by atoms with Gasteiger partial charge in [-0.15, -0.1) is 0 Å². The van der Waals surface area contributed by atoms with Gasteiger partial charge in [-0.1, -0.05) is 84.9 Å². The zero-order chi connectivity index (χ0) is 18.9. The van der Waals surface area contributed by atoms with Crippen LogP contribution in [0.2, 0.25) is 0 Å². The summed E-state index contributed by atoms with van der Waals surface area (Å²) < 4.78 is 1.26. The topological polar surface area (TPSA) is 3.24 Å². The predicted octanol–water partition coefficient (Wildman–Crippen LogP) is 8.07. The lowest BCUT2D eigenvalue weighted by molar-refractivity contribution is 1.29. The van der Waals surface area contributed by atoms with Crippen molar-refractivity contribution >= 4 is 61.2 Å². The van der Waals surface area contributed by atoms with E-state index >= 15 is 0 Å². The Morgan fingerprint density at radius 2 is 0.821 bits per heavy atom. The van der Waals surface area contributed by atoms with E-state index in [-0.39, 0.29) is 0 Å². The fraction of sp³-hybridized carbons (Fsp3) is 0. The molecule has 0 aliphatic heterocycles. The van der Waals surface area contributed by atoms with Crippen molar-refractivity contribution in [2.24, 2.45) is 0 Å². The second kappa shape index (κ2) is 7.28. The first kappa shape index (κ1) is 17.3. The van der Waals surface area contributed by atoms with Crippen molar-refractivity contribution in [1.29, 1.82) is 0 Å². The molecule has 0 aliphatic rings.